The molecule has 31 heavy (non-hydrogen) atoms. The molecule has 1 fully saturated rings. The fraction of sp³-hybridized carbons (Fsp3) is 0.364. The van der Waals surface area contributed by atoms with Crippen LogP contribution in [0.5, 0.6) is 0 Å². The summed E-state index contributed by atoms with van der Waals surface area (Å²) in [6, 6.07) is 8.46. The molecule has 4 rings (SSSR count). The van der Waals surface area contributed by atoms with Gasteiger partial charge in [-0.25, -0.2) is 17.8 Å². The van der Waals surface area contributed by atoms with Gasteiger partial charge in [0.2, 0.25) is 10.0 Å². The lowest BCUT2D eigenvalue weighted by Gasteiger charge is -2.19. The van der Waals surface area contributed by atoms with Crippen LogP contribution in [0.3, 0.4) is 0 Å². The third-order valence-corrected chi connectivity index (χ3v) is 7.89. The highest BCUT2D eigenvalue weighted by Crippen LogP contribution is 2.42. The van der Waals surface area contributed by atoms with Crippen LogP contribution in [0.25, 0.3) is 21.7 Å². The van der Waals surface area contributed by atoms with Crippen LogP contribution in [0.2, 0.25) is 0 Å². The standard InChI is InChI=1S/C22H24FN3O3S2/c1-2-14-31(27,28)26-18-5-3-4-17(19(18)23)20-21(15-6-10-24-11-7-15)30-22(25-20)16-8-12-29-13-9-16/h3-7,10-11,16,26H,2,8-9,12-14H2,1H3. The van der Waals surface area contributed by atoms with Gasteiger partial charge >= 0.3 is 0 Å². The number of nitrogens with one attached hydrogen (secondary N) is 1. The van der Waals surface area contributed by atoms with Gasteiger partial charge in [-0.2, -0.15) is 0 Å². The van der Waals surface area contributed by atoms with E-state index in [2.05, 4.69) is 9.71 Å². The van der Waals surface area contributed by atoms with Gasteiger partial charge in [0, 0.05) is 37.1 Å². The third kappa shape index (κ3) is 4.94. The fourth-order valence-corrected chi connectivity index (χ4v) is 6.01. The first kappa shape index (κ1) is 21.9. The molecule has 9 heteroatoms. The van der Waals surface area contributed by atoms with Crippen LogP contribution in [-0.4, -0.2) is 37.4 Å². The lowest BCUT2D eigenvalue weighted by molar-refractivity contribution is 0.0853. The molecule has 6 nitrogen and oxygen atoms in total. The Bertz CT molecular complexity index is 1140. The van der Waals surface area contributed by atoms with E-state index in [1.165, 1.54) is 6.07 Å². The molecule has 164 valence electrons. The minimum Gasteiger partial charge on any atom is -0.381 e. The summed E-state index contributed by atoms with van der Waals surface area (Å²) in [5.41, 5.74) is 1.63. The summed E-state index contributed by atoms with van der Waals surface area (Å²) in [6.07, 6.45) is 5.59. The maximum Gasteiger partial charge on any atom is 0.232 e. The van der Waals surface area contributed by atoms with Crippen molar-refractivity contribution >= 4 is 27.0 Å². The summed E-state index contributed by atoms with van der Waals surface area (Å²) < 4.78 is 47.7. The van der Waals surface area contributed by atoms with Crippen LogP contribution in [0.4, 0.5) is 10.1 Å². The van der Waals surface area contributed by atoms with Crippen molar-refractivity contribution in [3.63, 3.8) is 0 Å². The zero-order valence-electron chi connectivity index (χ0n) is 17.2. The molecule has 0 aliphatic carbocycles. The second kappa shape index (κ2) is 9.42. The van der Waals surface area contributed by atoms with Crippen LogP contribution in [0.1, 0.15) is 37.1 Å². The van der Waals surface area contributed by atoms with Crippen LogP contribution in [0, 0.1) is 5.82 Å². The van der Waals surface area contributed by atoms with Gasteiger partial charge in [-0.15, -0.1) is 11.3 Å². The first-order valence-corrected chi connectivity index (χ1v) is 12.7. The zero-order chi connectivity index (χ0) is 21.8. The number of hydrogen-bond acceptors (Lipinski definition) is 6. The minimum atomic E-state index is -3.61. The van der Waals surface area contributed by atoms with E-state index >= 15 is 4.39 Å². The summed E-state index contributed by atoms with van der Waals surface area (Å²) in [6.45, 7) is 3.14. The topological polar surface area (TPSA) is 81.2 Å². The number of rotatable bonds is 7. The quantitative estimate of drug-likeness (QED) is 0.532. The van der Waals surface area contributed by atoms with E-state index in [4.69, 9.17) is 9.72 Å². The Balaban J connectivity index is 1.80. The van der Waals surface area contributed by atoms with Gasteiger partial charge in [0.15, 0.2) is 5.82 Å². The molecule has 1 aliphatic rings. The average Bonchev–Trinajstić information content (AvgIpc) is 3.21. The van der Waals surface area contributed by atoms with Crippen LogP contribution in [-0.2, 0) is 14.8 Å². The van der Waals surface area contributed by atoms with Crippen molar-refractivity contribution < 1.29 is 17.5 Å². The molecular formula is C22H24FN3O3S2. The lowest BCUT2D eigenvalue weighted by Crippen LogP contribution is -2.17. The Morgan fingerprint density at radius 3 is 2.65 bits per heavy atom. The van der Waals surface area contributed by atoms with Crippen molar-refractivity contribution in [2.75, 3.05) is 23.7 Å². The molecule has 2 aromatic heterocycles. The predicted octanol–water partition coefficient (Wildman–Crippen LogP) is 5.06. The highest BCUT2D eigenvalue weighted by molar-refractivity contribution is 7.92. The van der Waals surface area contributed by atoms with Gasteiger partial charge in [-0.1, -0.05) is 13.0 Å². The summed E-state index contributed by atoms with van der Waals surface area (Å²) in [5.74, 6) is -0.424. The van der Waals surface area contributed by atoms with E-state index in [1.54, 1.807) is 42.8 Å². The number of ether oxygens (including phenoxy) is 1. The molecule has 0 amide bonds. The first-order valence-electron chi connectivity index (χ1n) is 10.3. The maximum absolute atomic E-state index is 15.5. The smallest absolute Gasteiger partial charge is 0.232 e. The van der Waals surface area contributed by atoms with Gasteiger partial charge in [-0.3, -0.25) is 9.71 Å². The molecule has 0 unspecified atom stereocenters. The van der Waals surface area contributed by atoms with E-state index in [9.17, 15) is 8.42 Å². The zero-order valence-corrected chi connectivity index (χ0v) is 18.8. The molecule has 0 atom stereocenters. The SMILES string of the molecule is CCCS(=O)(=O)Nc1cccc(-c2nc(C3CCOCC3)sc2-c2ccncc2)c1F. The first-order chi connectivity index (χ1) is 15.0. The van der Waals surface area contributed by atoms with E-state index in [0.717, 1.165) is 28.3 Å². The molecule has 1 aliphatic heterocycles. The molecule has 1 aromatic carbocycles. The van der Waals surface area contributed by atoms with Gasteiger partial charge in [0.1, 0.15) is 0 Å². The Morgan fingerprint density at radius 1 is 1.19 bits per heavy atom. The van der Waals surface area contributed by atoms with Crippen molar-refractivity contribution in [1.29, 1.82) is 0 Å². The van der Waals surface area contributed by atoms with E-state index in [0.29, 0.717) is 25.3 Å². The summed E-state index contributed by atoms with van der Waals surface area (Å²) in [4.78, 5) is 9.76. The van der Waals surface area contributed by atoms with Gasteiger partial charge < -0.3 is 4.74 Å². The van der Waals surface area contributed by atoms with Crippen molar-refractivity contribution in [3.8, 4) is 21.7 Å². The molecule has 1 saturated heterocycles. The highest BCUT2D eigenvalue weighted by atomic mass is 32.2. The average molecular weight is 462 g/mol. The second-order valence-electron chi connectivity index (χ2n) is 7.44. The van der Waals surface area contributed by atoms with Crippen molar-refractivity contribution in [1.82, 2.24) is 9.97 Å². The predicted molar refractivity (Wildman–Crippen MR) is 121 cm³/mol. The van der Waals surface area contributed by atoms with Gasteiger partial charge in [-0.05, 0) is 49.1 Å². The number of hydrogen-bond donors (Lipinski definition) is 1. The summed E-state index contributed by atoms with van der Waals surface area (Å²) in [7, 11) is -3.61. The fourth-order valence-electron chi connectivity index (χ4n) is 3.62. The van der Waals surface area contributed by atoms with Gasteiger partial charge in [0.05, 0.1) is 27.0 Å². The molecular weight excluding hydrogens is 437 g/mol. The molecule has 0 bridgehead atoms. The molecule has 1 N–H and O–H groups in total. The molecule has 0 radical (unpaired) electrons. The Morgan fingerprint density at radius 2 is 1.94 bits per heavy atom. The highest BCUT2D eigenvalue weighted by Gasteiger charge is 2.25. The maximum atomic E-state index is 15.5. The minimum absolute atomic E-state index is 0.0627. The normalized spacial score (nSPS) is 15.2. The molecule has 0 spiro atoms. The number of nitrogens with zero attached hydrogens (tertiary/aromatic N) is 2. The van der Waals surface area contributed by atoms with Crippen molar-refractivity contribution in [2.45, 2.75) is 32.1 Å². The number of pyridine rings is 1. The molecule has 3 aromatic rings. The third-order valence-electron chi connectivity index (χ3n) is 5.15. The van der Waals surface area contributed by atoms with Crippen LogP contribution in [0.15, 0.2) is 42.7 Å². The second-order valence-corrected chi connectivity index (χ2v) is 10.3. The monoisotopic (exact) mass is 461 g/mol. The largest absolute Gasteiger partial charge is 0.381 e. The number of anilines is 1. The summed E-state index contributed by atoms with van der Waals surface area (Å²) in [5, 5.41) is 0.946. The molecule has 0 saturated carbocycles. The van der Waals surface area contributed by atoms with Crippen molar-refractivity contribution in [3.05, 3.63) is 53.6 Å². The van der Waals surface area contributed by atoms with Gasteiger partial charge in [0.25, 0.3) is 0 Å². The lowest BCUT2D eigenvalue weighted by atomic mass is 10.0. The van der Waals surface area contributed by atoms with E-state index in [-0.39, 0.29) is 22.9 Å². The number of halogens is 1. The van der Waals surface area contributed by atoms with E-state index in [1.807, 2.05) is 12.1 Å². The Kier molecular flexibility index (Phi) is 6.64. The van der Waals surface area contributed by atoms with Crippen molar-refractivity contribution in [2.24, 2.45) is 0 Å². The van der Waals surface area contributed by atoms with Crippen LogP contribution >= 0.6 is 11.3 Å². The number of benzene rings is 1. The molecule has 3 heterocycles. The van der Waals surface area contributed by atoms with E-state index < -0.39 is 15.8 Å². The Hall–Kier alpha value is -2.36. The number of aromatic nitrogens is 2. The Labute approximate surface area is 185 Å². The van der Waals surface area contributed by atoms with Crippen LogP contribution < -0.4 is 4.72 Å². The summed E-state index contributed by atoms with van der Waals surface area (Å²) >= 11 is 1.55. The number of sulfonamides is 1. The number of thiazole rings is 1.